The van der Waals surface area contributed by atoms with Gasteiger partial charge in [-0.1, -0.05) is 5.16 Å². The van der Waals surface area contributed by atoms with E-state index < -0.39 is 22.5 Å². The monoisotopic (exact) mass is 369 g/mol. The van der Waals surface area contributed by atoms with Crippen molar-refractivity contribution in [2.45, 2.75) is 6.92 Å². The minimum Gasteiger partial charge on any atom is -0.493 e. The molecule has 1 aromatic carbocycles. The summed E-state index contributed by atoms with van der Waals surface area (Å²) in [5.41, 5.74) is 0.437. The molecule has 0 atom stereocenters. The molecule has 0 aliphatic heterocycles. The van der Waals surface area contributed by atoms with E-state index >= 15 is 0 Å². The van der Waals surface area contributed by atoms with E-state index in [4.69, 9.17) is 14.0 Å². The van der Waals surface area contributed by atoms with E-state index in [-0.39, 0.29) is 5.82 Å². The minimum atomic E-state index is -3.71. The SMILES string of the molecule is COc1ccc(NC(=O)CN(c2cc(C)on2)S(C)(=O)=O)cc1OC. The Morgan fingerprint density at radius 2 is 1.92 bits per heavy atom. The molecule has 0 saturated heterocycles. The number of anilines is 2. The molecule has 136 valence electrons. The standard InChI is InChI=1S/C15H19N3O6S/c1-10-7-14(17-24-10)18(25(4,20)21)9-15(19)16-11-5-6-12(22-2)13(8-11)23-3/h5-8H,9H2,1-4H3,(H,16,19). The smallest absolute Gasteiger partial charge is 0.245 e. The Balaban J connectivity index is 2.17. The third kappa shape index (κ3) is 4.63. The van der Waals surface area contributed by atoms with Crippen LogP contribution < -0.4 is 19.1 Å². The third-order valence-corrected chi connectivity index (χ3v) is 4.34. The molecule has 0 radical (unpaired) electrons. The number of aromatic nitrogens is 1. The van der Waals surface area contributed by atoms with Crippen LogP contribution in [0.3, 0.4) is 0 Å². The number of nitrogens with one attached hydrogen (secondary N) is 1. The fourth-order valence-electron chi connectivity index (χ4n) is 2.08. The Morgan fingerprint density at radius 3 is 2.44 bits per heavy atom. The fourth-order valence-corrected chi connectivity index (χ4v) is 2.86. The largest absolute Gasteiger partial charge is 0.493 e. The topological polar surface area (TPSA) is 111 Å². The van der Waals surface area contributed by atoms with Crippen molar-refractivity contribution in [3.63, 3.8) is 0 Å². The number of carbonyl (C=O) groups excluding carboxylic acids is 1. The number of ether oxygens (including phenoxy) is 2. The first-order valence-electron chi connectivity index (χ1n) is 7.17. The first-order chi connectivity index (χ1) is 11.7. The van der Waals surface area contributed by atoms with Crippen LogP contribution >= 0.6 is 0 Å². The molecule has 0 spiro atoms. The first-order valence-corrected chi connectivity index (χ1v) is 9.02. The number of nitrogens with zero attached hydrogens (tertiary/aromatic N) is 2. The Kier molecular flexibility index (Phi) is 5.52. The Bertz CT molecular complexity index is 862. The predicted molar refractivity (Wildman–Crippen MR) is 91.6 cm³/mol. The summed E-state index contributed by atoms with van der Waals surface area (Å²) >= 11 is 0. The van der Waals surface area contributed by atoms with Crippen molar-refractivity contribution in [1.29, 1.82) is 0 Å². The number of carbonyl (C=O) groups is 1. The molecule has 0 unspecified atom stereocenters. The molecule has 1 N–H and O–H groups in total. The zero-order chi connectivity index (χ0) is 18.6. The van der Waals surface area contributed by atoms with Crippen LogP contribution in [0.15, 0.2) is 28.8 Å². The van der Waals surface area contributed by atoms with Crippen molar-refractivity contribution < 1.29 is 27.2 Å². The fraction of sp³-hybridized carbons (Fsp3) is 0.333. The van der Waals surface area contributed by atoms with Crippen LogP contribution in [0.1, 0.15) is 5.76 Å². The lowest BCUT2D eigenvalue weighted by Crippen LogP contribution is -2.37. The van der Waals surface area contributed by atoms with Crippen LogP contribution in [0.2, 0.25) is 0 Å². The van der Waals surface area contributed by atoms with E-state index in [1.54, 1.807) is 25.1 Å². The maximum Gasteiger partial charge on any atom is 0.245 e. The van der Waals surface area contributed by atoms with Gasteiger partial charge < -0.3 is 19.3 Å². The molecule has 0 aliphatic rings. The highest BCUT2D eigenvalue weighted by Crippen LogP contribution is 2.29. The summed E-state index contributed by atoms with van der Waals surface area (Å²) in [6.45, 7) is 1.18. The molecular weight excluding hydrogens is 350 g/mol. The number of methoxy groups -OCH3 is 2. The van der Waals surface area contributed by atoms with Crippen molar-refractivity contribution in [3.05, 3.63) is 30.0 Å². The quantitative estimate of drug-likeness (QED) is 0.785. The summed E-state index contributed by atoms with van der Waals surface area (Å²) in [7, 11) is -0.736. The van der Waals surface area contributed by atoms with Gasteiger partial charge in [0.15, 0.2) is 17.3 Å². The predicted octanol–water partition coefficient (Wildman–Crippen LogP) is 1.40. The second kappa shape index (κ2) is 7.43. The molecule has 1 amide bonds. The molecule has 1 heterocycles. The van der Waals surface area contributed by atoms with Crippen LogP contribution in [-0.4, -0.2) is 46.5 Å². The third-order valence-electron chi connectivity index (χ3n) is 3.23. The van der Waals surface area contributed by atoms with Crippen LogP contribution in [0.4, 0.5) is 11.5 Å². The van der Waals surface area contributed by atoms with Gasteiger partial charge in [0.25, 0.3) is 0 Å². The van der Waals surface area contributed by atoms with Crippen LogP contribution in [-0.2, 0) is 14.8 Å². The summed E-state index contributed by atoms with van der Waals surface area (Å²) in [6.07, 6.45) is 0.987. The lowest BCUT2D eigenvalue weighted by atomic mass is 10.2. The van der Waals surface area contributed by atoms with Crippen LogP contribution in [0, 0.1) is 6.92 Å². The van der Waals surface area contributed by atoms with Crippen molar-refractivity contribution >= 4 is 27.4 Å². The zero-order valence-electron chi connectivity index (χ0n) is 14.3. The highest BCUT2D eigenvalue weighted by molar-refractivity contribution is 7.92. The van der Waals surface area contributed by atoms with E-state index in [0.29, 0.717) is 22.9 Å². The number of hydrogen-bond acceptors (Lipinski definition) is 7. The van der Waals surface area contributed by atoms with Gasteiger partial charge in [-0.2, -0.15) is 0 Å². The minimum absolute atomic E-state index is 0.0439. The van der Waals surface area contributed by atoms with Gasteiger partial charge in [-0.25, -0.2) is 12.7 Å². The second-order valence-corrected chi connectivity index (χ2v) is 7.09. The lowest BCUT2D eigenvalue weighted by molar-refractivity contribution is -0.114. The number of amides is 1. The average molecular weight is 369 g/mol. The summed E-state index contributed by atoms with van der Waals surface area (Å²) in [5.74, 6) is 0.883. The van der Waals surface area contributed by atoms with Gasteiger partial charge in [0.1, 0.15) is 12.3 Å². The molecule has 0 aliphatic carbocycles. The van der Waals surface area contributed by atoms with Gasteiger partial charge in [0, 0.05) is 17.8 Å². The maximum absolute atomic E-state index is 12.3. The Labute approximate surface area is 145 Å². The molecule has 0 bridgehead atoms. The Hall–Kier alpha value is -2.75. The maximum atomic E-state index is 12.3. The molecule has 9 nitrogen and oxygen atoms in total. The van der Waals surface area contributed by atoms with E-state index in [1.165, 1.54) is 20.3 Å². The molecular formula is C15H19N3O6S. The van der Waals surface area contributed by atoms with E-state index in [1.807, 2.05) is 0 Å². The Morgan fingerprint density at radius 1 is 1.24 bits per heavy atom. The van der Waals surface area contributed by atoms with Crippen molar-refractivity contribution in [2.24, 2.45) is 0 Å². The number of benzene rings is 1. The van der Waals surface area contributed by atoms with E-state index in [2.05, 4.69) is 10.5 Å². The molecule has 10 heteroatoms. The summed E-state index contributed by atoms with van der Waals surface area (Å²) in [6, 6.07) is 6.25. The van der Waals surface area contributed by atoms with Crippen molar-refractivity contribution in [1.82, 2.24) is 5.16 Å². The summed E-state index contributed by atoms with van der Waals surface area (Å²) < 4.78 is 39.9. The van der Waals surface area contributed by atoms with Gasteiger partial charge in [-0.3, -0.25) is 4.79 Å². The molecule has 2 aromatic rings. The van der Waals surface area contributed by atoms with Crippen molar-refractivity contribution in [3.8, 4) is 11.5 Å². The van der Waals surface area contributed by atoms with Gasteiger partial charge in [0.05, 0.1) is 20.5 Å². The molecule has 0 fully saturated rings. The van der Waals surface area contributed by atoms with Crippen molar-refractivity contribution in [2.75, 3.05) is 36.6 Å². The second-order valence-electron chi connectivity index (χ2n) is 5.18. The van der Waals surface area contributed by atoms with Crippen LogP contribution in [0.5, 0.6) is 11.5 Å². The molecule has 1 aromatic heterocycles. The van der Waals surface area contributed by atoms with Gasteiger partial charge in [-0.05, 0) is 19.1 Å². The number of rotatable bonds is 7. The normalized spacial score (nSPS) is 11.0. The lowest BCUT2D eigenvalue weighted by Gasteiger charge is -2.18. The highest BCUT2D eigenvalue weighted by atomic mass is 32.2. The van der Waals surface area contributed by atoms with E-state index in [9.17, 15) is 13.2 Å². The first kappa shape index (κ1) is 18.6. The molecule has 2 rings (SSSR count). The summed E-state index contributed by atoms with van der Waals surface area (Å²) in [4.78, 5) is 12.3. The zero-order valence-corrected chi connectivity index (χ0v) is 15.1. The van der Waals surface area contributed by atoms with E-state index in [0.717, 1.165) is 10.6 Å². The van der Waals surface area contributed by atoms with Crippen LogP contribution in [0.25, 0.3) is 0 Å². The highest BCUT2D eigenvalue weighted by Gasteiger charge is 2.24. The average Bonchev–Trinajstić information content (AvgIpc) is 2.97. The molecule has 25 heavy (non-hydrogen) atoms. The number of sulfonamides is 1. The van der Waals surface area contributed by atoms with Gasteiger partial charge in [-0.15, -0.1) is 0 Å². The number of hydrogen-bond donors (Lipinski definition) is 1. The van der Waals surface area contributed by atoms with Gasteiger partial charge >= 0.3 is 0 Å². The van der Waals surface area contributed by atoms with Gasteiger partial charge in [0.2, 0.25) is 15.9 Å². The molecule has 0 saturated carbocycles. The number of aryl methyl sites for hydroxylation is 1. The summed E-state index contributed by atoms with van der Waals surface area (Å²) in [5, 5.41) is 6.26.